The van der Waals surface area contributed by atoms with E-state index in [2.05, 4.69) is 0 Å². The van der Waals surface area contributed by atoms with Crippen molar-refractivity contribution < 1.29 is 14.6 Å². The van der Waals surface area contributed by atoms with Gasteiger partial charge in [-0.05, 0) is 18.6 Å². The number of aryl methyl sites for hydroxylation is 1. The molecule has 64 valence electrons. The quantitative estimate of drug-likeness (QED) is 0.677. The molecule has 0 saturated carbocycles. The average Bonchev–Trinajstić information content (AvgIpc) is 2.06. The van der Waals surface area contributed by atoms with E-state index >= 15 is 0 Å². The van der Waals surface area contributed by atoms with Crippen LogP contribution in [0.15, 0.2) is 12.1 Å². The largest absolute Gasteiger partial charge is 0.504 e. The number of rotatable bonds is 2. The highest BCUT2D eigenvalue weighted by atomic mass is 16.5. The number of phenols is 1. The monoisotopic (exact) mass is 166 g/mol. The fraction of sp³-hybridized carbons (Fsp3) is 0.222. The van der Waals surface area contributed by atoms with Crippen molar-refractivity contribution in [3.8, 4) is 11.5 Å². The standard InChI is InChI=1S/C9H10O3/c1-6-3-4-8(12-2)9(11)7(6)5-10/h3-5,11H,1-2H3. The van der Waals surface area contributed by atoms with Crippen LogP contribution in [0.3, 0.4) is 0 Å². The number of carbonyl (C=O) groups excluding carboxylic acids is 1. The number of phenolic OH excluding ortho intramolecular Hbond substituents is 1. The Labute approximate surface area is 70.6 Å². The number of carbonyl (C=O) groups is 1. The lowest BCUT2D eigenvalue weighted by molar-refractivity contribution is 0.112. The Morgan fingerprint density at radius 2 is 2.17 bits per heavy atom. The van der Waals surface area contributed by atoms with Crippen molar-refractivity contribution in [2.45, 2.75) is 6.92 Å². The van der Waals surface area contributed by atoms with Gasteiger partial charge in [0, 0.05) is 0 Å². The van der Waals surface area contributed by atoms with Gasteiger partial charge in [0.15, 0.2) is 17.8 Å². The van der Waals surface area contributed by atoms with Gasteiger partial charge in [-0.1, -0.05) is 6.07 Å². The minimum atomic E-state index is -0.0903. The van der Waals surface area contributed by atoms with Crippen LogP contribution in [0.4, 0.5) is 0 Å². The predicted octanol–water partition coefficient (Wildman–Crippen LogP) is 1.52. The maximum absolute atomic E-state index is 10.5. The second kappa shape index (κ2) is 3.26. The zero-order chi connectivity index (χ0) is 9.14. The third kappa shape index (κ3) is 1.25. The average molecular weight is 166 g/mol. The van der Waals surface area contributed by atoms with E-state index in [0.29, 0.717) is 12.0 Å². The molecule has 1 aromatic rings. The topological polar surface area (TPSA) is 46.5 Å². The minimum Gasteiger partial charge on any atom is -0.504 e. The van der Waals surface area contributed by atoms with Crippen molar-refractivity contribution in [1.29, 1.82) is 0 Å². The molecular formula is C9H10O3. The van der Waals surface area contributed by atoms with Gasteiger partial charge in [-0.15, -0.1) is 0 Å². The van der Waals surface area contributed by atoms with Gasteiger partial charge in [-0.2, -0.15) is 0 Å². The first kappa shape index (κ1) is 8.59. The maximum Gasteiger partial charge on any atom is 0.168 e. The summed E-state index contributed by atoms with van der Waals surface area (Å²) in [5.74, 6) is 0.232. The van der Waals surface area contributed by atoms with E-state index < -0.39 is 0 Å². The molecule has 12 heavy (non-hydrogen) atoms. The Hall–Kier alpha value is -1.51. The summed E-state index contributed by atoms with van der Waals surface area (Å²) in [6.07, 6.45) is 0.618. The van der Waals surface area contributed by atoms with Crippen LogP contribution in [-0.4, -0.2) is 18.5 Å². The molecule has 0 atom stereocenters. The van der Waals surface area contributed by atoms with Gasteiger partial charge in [0.2, 0.25) is 0 Å². The van der Waals surface area contributed by atoms with E-state index in [-0.39, 0.29) is 11.3 Å². The van der Waals surface area contributed by atoms with Crippen LogP contribution < -0.4 is 4.74 Å². The lowest BCUT2D eigenvalue weighted by atomic mass is 10.1. The summed E-state index contributed by atoms with van der Waals surface area (Å²) in [6, 6.07) is 3.35. The van der Waals surface area contributed by atoms with Crippen LogP contribution in [0.5, 0.6) is 11.5 Å². The molecule has 1 rings (SSSR count). The van der Waals surface area contributed by atoms with Crippen molar-refractivity contribution in [3.63, 3.8) is 0 Å². The summed E-state index contributed by atoms with van der Waals surface area (Å²) in [5, 5.41) is 9.41. The number of methoxy groups -OCH3 is 1. The fourth-order valence-electron chi connectivity index (χ4n) is 1.00. The second-order valence-electron chi connectivity index (χ2n) is 2.46. The summed E-state index contributed by atoms with van der Waals surface area (Å²) in [6.45, 7) is 1.75. The number of ether oxygens (including phenoxy) is 1. The number of benzene rings is 1. The van der Waals surface area contributed by atoms with Gasteiger partial charge in [0.05, 0.1) is 12.7 Å². The Morgan fingerprint density at radius 3 is 2.67 bits per heavy atom. The number of aldehydes is 1. The molecule has 1 aromatic carbocycles. The Morgan fingerprint density at radius 1 is 1.50 bits per heavy atom. The molecule has 3 nitrogen and oxygen atoms in total. The molecule has 0 radical (unpaired) electrons. The Bertz CT molecular complexity index is 305. The lowest BCUT2D eigenvalue weighted by Crippen LogP contribution is -1.91. The van der Waals surface area contributed by atoms with Crippen molar-refractivity contribution in [2.75, 3.05) is 7.11 Å². The van der Waals surface area contributed by atoms with Crippen LogP contribution in [0.2, 0.25) is 0 Å². The molecule has 0 heterocycles. The van der Waals surface area contributed by atoms with Crippen molar-refractivity contribution in [3.05, 3.63) is 23.3 Å². The summed E-state index contributed by atoms with van der Waals surface area (Å²) in [7, 11) is 1.44. The van der Waals surface area contributed by atoms with Gasteiger partial charge < -0.3 is 9.84 Å². The normalized spacial score (nSPS) is 9.50. The molecule has 3 heteroatoms. The first-order valence-corrected chi connectivity index (χ1v) is 3.52. The van der Waals surface area contributed by atoms with Gasteiger partial charge in [0.1, 0.15) is 0 Å². The summed E-state index contributed by atoms with van der Waals surface area (Å²) >= 11 is 0. The zero-order valence-corrected chi connectivity index (χ0v) is 7.00. The highest BCUT2D eigenvalue weighted by Crippen LogP contribution is 2.30. The van der Waals surface area contributed by atoms with E-state index in [1.54, 1.807) is 19.1 Å². The molecule has 0 aliphatic carbocycles. The van der Waals surface area contributed by atoms with E-state index in [4.69, 9.17) is 4.74 Å². The second-order valence-corrected chi connectivity index (χ2v) is 2.46. The molecule has 0 fully saturated rings. The van der Waals surface area contributed by atoms with E-state index in [1.807, 2.05) is 0 Å². The fourth-order valence-corrected chi connectivity index (χ4v) is 1.00. The maximum atomic E-state index is 10.5. The minimum absolute atomic E-state index is 0.0903. The highest BCUT2D eigenvalue weighted by Gasteiger charge is 2.08. The summed E-state index contributed by atoms with van der Waals surface area (Å²) < 4.78 is 4.83. The van der Waals surface area contributed by atoms with Crippen molar-refractivity contribution in [1.82, 2.24) is 0 Å². The summed E-state index contributed by atoms with van der Waals surface area (Å²) in [5.41, 5.74) is 1.03. The molecule has 0 aromatic heterocycles. The predicted molar refractivity (Wildman–Crippen MR) is 44.8 cm³/mol. The molecule has 0 aliphatic rings. The zero-order valence-electron chi connectivity index (χ0n) is 7.00. The van der Waals surface area contributed by atoms with Gasteiger partial charge >= 0.3 is 0 Å². The number of aromatic hydroxyl groups is 1. The van der Waals surface area contributed by atoms with Crippen LogP contribution in [0.25, 0.3) is 0 Å². The van der Waals surface area contributed by atoms with Crippen LogP contribution in [0.1, 0.15) is 15.9 Å². The Balaban J connectivity index is 3.33. The molecule has 0 unspecified atom stereocenters. The smallest absolute Gasteiger partial charge is 0.168 e. The SMILES string of the molecule is COc1ccc(C)c(C=O)c1O. The molecule has 0 saturated heterocycles. The number of hydrogen-bond donors (Lipinski definition) is 1. The molecular weight excluding hydrogens is 156 g/mol. The van der Waals surface area contributed by atoms with Crippen LogP contribution in [0, 0.1) is 6.92 Å². The van der Waals surface area contributed by atoms with Gasteiger partial charge in [-0.3, -0.25) is 4.79 Å². The molecule has 0 amide bonds. The van der Waals surface area contributed by atoms with E-state index in [9.17, 15) is 9.90 Å². The lowest BCUT2D eigenvalue weighted by Gasteiger charge is -2.06. The van der Waals surface area contributed by atoms with Crippen LogP contribution >= 0.6 is 0 Å². The Kier molecular flexibility index (Phi) is 2.33. The molecule has 0 aliphatic heterocycles. The van der Waals surface area contributed by atoms with Crippen molar-refractivity contribution in [2.24, 2.45) is 0 Å². The third-order valence-corrected chi connectivity index (χ3v) is 1.74. The third-order valence-electron chi connectivity index (χ3n) is 1.74. The van der Waals surface area contributed by atoms with Crippen LogP contribution in [-0.2, 0) is 0 Å². The summed E-state index contributed by atoms with van der Waals surface area (Å²) in [4.78, 5) is 10.5. The molecule has 0 bridgehead atoms. The van der Waals surface area contributed by atoms with E-state index in [0.717, 1.165) is 5.56 Å². The first-order chi connectivity index (χ1) is 5.70. The van der Waals surface area contributed by atoms with Gasteiger partial charge in [-0.25, -0.2) is 0 Å². The van der Waals surface area contributed by atoms with Crippen molar-refractivity contribution >= 4 is 6.29 Å². The highest BCUT2D eigenvalue weighted by molar-refractivity contribution is 5.83. The first-order valence-electron chi connectivity index (χ1n) is 3.52. The molecule has 1 N–H and O–H groups in total. The van der Waals surface area contributed by atoms with Gasteiger partial charge in [0.25, 0.3) is 0 Å². The molecule has 0 spiro atoms. The van der Waals surface area contributed by atoms with E-state index in [1.165, 1.54) is 7.11 Å². The number of hydrogen-bond acceptors (Lipinski definition) is 3.